The Kier molecular flexibility index (Phi) is 3.45. The van der Waals surface area contributed by atoms with Gasteiger partial charge in [0.1, 0.15) is 0 Å². The maximum absolute atomic E-state index is 5.93. The quantitative estimate of drug-likeness (QED) is 0.642. The fourth-order valence-corrected chi connectivity index (χ4v) is 2.89. The van der Waals surface area contributed by atoms with Crippen LogP contribution in [0.2, 0.25) is 0 Å². The van der Waals surface area contributed by atoms with Crippen molar-refractivity contribution in [3.8, 4) is 0 Å². The maximum atomic E-state index is 5.93. The molecule has 2 aliphatic rings. The summed E-state index contributed by atoms with van der Waals surface area (Å²) in [5, 5.41) is 0. The third-order valence-electron chi connectivity index (χ3n) is 3.91. The Balaban J connectivity index is 1.76. The van der Waals surface area contributed by atoms with Crippen LogP contribution in [-0.2, 0) is 4.74 Å². The molecule has 82 valence electrons. The summed E-state index contributed by atoms with van der Waals surface area (Å²) in [5.74, 6) is 0. The SMILES string of the molecule is CCCCOC1C[C@H]2CC[C@@H](C1)N2C. The molecule has 0 aromatic carbocycles. The van der Waals surface area contributed by atoms with Crippen LogP contribution in [-0.4, -0.2) is 36.7 Å². The van der Waals surface area contributed by atoms with E-state index < -0.39 is 0 Å². The zero-order valence-corrected chi connectivity index (χ0v) is 9.54. The van der Waals surface area contributed by atoms with Gasteiger partial charge in [0.05, 0.1) is 6.10 Å². The third kappa shape index (κ3) is 2.12. The number of rotatable bonds is 4. The summed E-state index contributed by atoms with van der Waals surface area (Å²) in [6, 6.07) is 1.64. The van der Waals surface area contributed by atoms with Gasteiger partial charge in [0.2, 0.25) is 0 Å². The molecule has 0 aromatic rings. The van der Waals surface area contributed by atoms with Crippen molar-refractivity contribution in [1.29, 1.82) is 0 Å². The van der Waals surface area contributed by atoms with Crippen molar-refractivity contribution >= 4 is 0 Å². The van der Waals surface area contributed by atoms with Crippen LogP contribution in [0.1, 0.15) is 45.4 Å². The minimum absolute atomic E-state index is 0.565. The van der Waals surface area contributed by atoms with Gasteiger partial charge in [0, 0.05) is 18.7 Å². The van der Waals surface area contributed by atoms with Crippen LogP contribution in [0.15, 0.2) is 0 Å². The minimum Gasteiger partial charge on any atom is -0.378 e. The van der Waals surface area contributed by atoms with Gasteiger partial charge in [-0.3, -0.25) is 0 Å². The monoisotopic (exact) mass is 197 g/mol. The van der Waals surface area contributed by atoms with Gasteiger partial charge in [-0.1, -0.05) is 13.3 Å². The Hall–Kier alpha value is -0.0800. The second kappa shape index (κ2) is 4.63. The van der Waals surface area contributed by atoms with Crippen LogP contribution in [0.4, 0.5) is 0 Å². The highest BCUT2D eigenvalue weighted by atomic mass is 16.5. The van der Waals surface area contributed by atoms with Gasteiger partial charge in [-0.25, -0.2) is 0 Å². The Labute approximate surface area is 87.6 Å². The molecule has 0 spiro atoms. The van der Waals surface area contributed by atoms with Gasteiger partial charge in [-0.2, -0.15) is 0 Å². The molecule has 0 aliphatic carbocycles. The first-order chi connectivity index (χ1) is 6.81. The Morgan fingerprint density at radius 2 is 1.86 bits per heavy atom. The first kappa shape index (κ1) is 10.4. The van der Waals surface area contributed by atoms with Crippen molar-refractivity contribution in [2.75, 3.05) is 13.7 Å². The first-order valence-electron chi connectivity index (χ1n) is 6.14. The van der Waals surface area contributed by atoms with Gasteiger partial charge in [-0.05, 0) is 39.2 Å². The molecule has 0 amide bonds. The molecule has 0 saturated carbocycles. The highest BCUT2D eigenvalue weighted by molar-refractivity contribution is 4.93. The molecular formula is C12H23NO. The molecule has 14 heavy (non-hydrogen) atoms. The minimum atomic E-state index is 0.565. The summed E-state index contributed by atoms with van der Waals surface area (Å²) in [7, 11) is 2.28. The van der Waals surface area contributed by atoms with Crippen LogP contribution in [0.3, 0.4) is 0 Å². The highest BCUT2D eigenvalue weighted by Crippen LogP contribution is 2.35. The summed E-state index contributed by atoms with van der Waals surface area (Å²) < 4.78 is 5.93. The van der Waals surface area contributed by atoms with Crippen LogP contribution in [0, 0.1) is 0 Å². The van der Waals surface area contributed by atoms with Crippen LogP contribution in [0.5, 0.6) is 0 Å². The first-order valence-corrected chi connectivity index (χ1v) is 6.14. The summed E-state index contributed by atoms with van der Waals surface area (Å²) >= 11 is 0. The zero-order chi connectivity index (χ0) is 9.97. The Morgan fingerprint density at radius 3 is 2.43 bits per heavy atom. The average Bonchev–Trinajstić information content (AvgIpc) is 2.41. The summed E-state index contributed by atoms with van der Waals surface area (Å²) in [5.41, 5.74) is 0. The van der Waals surface area contributed by atoms with Crippen molar-refractivity contribution in [3.63, 3.8) is 0 Å². The van der Waals surface area contributed by atoms with E-state index in [1.807, 2.05) is 0 Å². The standard InChI is InChI=1S/C12H23NO/c1-3-4-7-14-12-8-10-5-6-11(9-12)13(10)2/h10-12H,3-9H2,1-2H3/t10-,11+,12?. The largest absolute Gasteiger partial charge is 0.378 e. The van der Waals surface area contributed by atoms with E-state index in [4.69, 9.17) is 4.74 Å². The van der Waals surface area contributed by atoms with Gasteiger partial charge in [0.15, 0.2) is 0 Å². The van der Waals surface area contributed by atoms with E-state index in [1.54, 1.807) is 0 Å². The molecule has 2 heterocycles. The number of fused-ring (bicyclic) bond motifs is 2. The van der Waals surface area contributed by atoms with Gasteiger partial charge in [-0.15, -0.1) is 0 Å². The molecule has 2 heteroatoms. The van der Waals surface area contributed by atoms with Crippen molar-refractivity contribution in [2.24, 2.45) is 0 Å². The molecule has 2 rings (SSSR count). The molecule has 3 atom stereocenters. The van der Waals surface area contributed by atoms with Crippen LogP contribution in [0.25, 0.3) is 0 Å². The molecule has 1 unspecified atom stereocenters. The molecule has 2 nitrogen and oxygen atoms in total. The molecule has 2 aliphatic heterocycles. The predicted molar refractivity (Wildman–Crippen MR) is 58.5 cm³/mol. The lowest BCUT2D eigenvalue weighted by molar-refractivity contribution is -0.0131. The van der Waals surface area contributed by atoms with E-state index in [0.29, 0.717) is 6.10 Å². The topological polar surface area (TPSA) is 12.5 Å². The number of ether oxygens (including phenoxy) is 1. The van der Waals surface area contributed by atoms with E-state index in [2.05, 4.69) is 18.9 Å². The maximum Gasteiger partial charge on any atom is 0.0604 e. The fraction of sp³-hybridized carbons (Fsp3) is 1.00. The number of unbranched alkanes of at least 4 members (excludes halogenated alkanes) is 1. The second-order valence-corrected chi connectivity index (χ2v) is 4.87. The van der Waals surface area contributed by atoms with Crippen molar-refractivity contribution in [1.82, 2.24) is 4.90 Å². The summed E-state index contributed by atoms with van der Waals surface area (Å²) in [4.78, 5) is 2.57. The van der Waals surface area contributed by atoms with Gasteiger partial charge < -0.3 is 9.64 Å². The molecular weight excluding hydrogens is 174 g/mol. The lowest BCUT2D eigenvalue weighted by Crippen LogP contribution is -2.42. The fourth-order valence-electron chi connectivity index (χ4n) is 2.89. The van der Waals surface area contributed by atoms with Gasteiger partial charge in [0.25, 0.3) is 0 Å². The average molecular weight is 197 g/mol. The zero-order valence-electron chi connectivity index (χ0n) is 9.54. The van der Waals surface area contributed by atoms with E-state index in [9.17, 15) is 0 Å². The van der Waals surface area contributed by atoms with E-state index in [1.165, 1.54) is 38.5 Å². The molecule has 0 aromatic heterocycles. The number of hydrogen-bond acceptors (Lipinski definition) is 2. The van der Waals surface area contributed by atoms with E-state index in [-0.39, 0.29) is 0 Å². The number of piperidine rings is 1. The molecule has 0 radical (unpaired) electrons. The van der Waals surface area contributed by atoms with Crippen molar-refractivity contribution < 1.29 is 4.74 Å². The Morgan fingerprint density at radius 1 is 1.21 bits per heavy atom. The number of hydrogen-bond donors (Lipinski definition) is 0. The van der Waals surface area contributed by atoms with E-state index >= 15 is 0 Å². The normalized spacial score (nSPS) is 37.7. The molecule has 2 bridgehead atoms. The summed E-state index contributed by atoms with van der Waals surface area (Å²) in [6.45, 7) is 3.20. The lowest BCUT2D eigenvalue weighted by atomic mass is 10.0. The lowest BCUT2D eigenvalue weighted by Gasteiger charge is -2.36. The molecule has 2 fully saturated rings. The third-order valence-corrected chi connectivity index (χ3v) is 3.91. The van der Waals surface area contributed by atoms with Gasteiger partial charge >= 0.3 is 0 Å². The second-order valence-electron chi connectivity index (χ2n) is 4.87. The predicted octanol–water partition coefficient (Wildman–Crippen LogP) is 2.43. The summed E-state index contributed by atoms with van der Waals surface area (Å²) in [6.07, 6.45) is 8.38. The smallest absolute Gasteiger partial charge is 0.0604 e. The van der Waals surface area contributed by atoms with E-state index in [0.717, 1.165) is 18.7 Å². The Bertz CT molecular complexity index is 169. The van der Waals surface area contributed by atoms with Crippen LogP contribution < -0.4 is 0 Å². The van der Waals surface area contributed by atoms with Crippen LogP contribution >= 0.6 is 0 Å². The molecule has 2 saturated heterocycles. The number of nitrogens with zero attached hydrogens (tertiary/aromatic N) is 1. The highest BCUT2D eigenvalue weighted by Gasteiger charge is 2.38. The molecule has 0 N–H and O–H groups in total. The van der Waals surface area contributed by atoms with Crippen molar-refractivity contribution in [3.05, 3.63) is 0 Å². The van der Waals surface area contributed by atoms with Crippen molar-refractivity contribution in [2.45, 2.75) is 63.6 Å².